The van der Waals surface area contributed by atoms with Gasteiger partial charge in [-0.05, 0) is 43.7 Å². The summed E-state index contributed by atoms with van der Waals surface area (Å²) in [5.74, 6) is 6.18. The lowest BCUT2D eigenvalue weighted by molar-refractivity contribution is 0.0812. The molecule has 0 saturated heterocycles. The molecule has 0 aliphatic rings. The van der Waals surface area contributed by atoms with Gasteiger partial charge in [-0.3, -0.25) is 4.79 Å². The highest BCUT2D eigenvalue weighted by Crippen LogP contribution is 2.19. The highest BCUT2D eigenvalue weighted by atomic mass is 35.5. The molecule has 1 amide bonds. The van der Waals surface area contributed by atoms with Gasteiger partial charge < -0.3 is 4.90 Å². The summed E-state index contributed by atoms with van der Waals surface area (Å²) in [5.41, 5.74) is 0.731. The molecule has 0 aliphatic heterocycles. The first-order valence-electron chi connectivity index (χ1n) is 7.79. The predicted octanol–water partition coefficient (Wildman–Crippen LogP) is 4.94. The van der Waals surface area contributed by atoms with Crippen LogP contribution in [0.25, 0.3) is 10.8 Å². The summed E-state index contributed by atoms with van der Waals surface area (Å²) in [6.45, 7) is 6.76. The Balaban J connectivity index is 0.00000288. The van der Waals surface area contributed by atoms with E-state index in [9.17, 15) is 4.79 Å². The molecular weight excluding hydrogens is 318 g/mol. The number of benzene rings is 2. The molecule has 0 radical (unpaired) electrons. The van der Waals surface area contributed by atoms with Crippen LogP contribution in [0.3, 0.4) is 0 Å². The largest absolute Gasteiger partial charge is 0.338 e. The van der Waals surface area contributed by atoms with Gasteiger partial charge in [-0.2, -0.15) is 0 Å². The summed E-state index contributed by atoms with van der Waals surface area (Å²) in [6, 6.07) is 13.8. The van der Waals surface area contributed by atoms with Gasteiger partial charge in [-0.15, -0.1) is 12.4 Å². The van der Waals surface area contributed by atoms with Crippen molar-refractivity contribution in [3.63, 3.8) is 0 Å². The second-order valence-corrected chi connectivity index (χ2v) is 6.63. The maximum atomic E-state index is 12.6. The third-order valence-electron chi connectivity index (χ3n) is 3.39. The van der Waals surface area contributed by atoms with Crippen LogP contribution in [0.15, 0.2) is 54.6 Å². The quantitative estimate of drug-likeness (QED) is 0.724. The number of hydrogen-bond acceptors (Lipinski definition) is 1. The molecule has 2 aromatic carbocycles. The molecule has 0 spiro atoms. The molecule has 0 unspecified atom stereocenters. The number of amides is 1. The summed E-state index contributed by atoms with van der Waals surface area (Å²) >= 11 is 0. The van der Waals surface area contributed by atoms with Crippen LogP contribution in [0.4, 0.5) is 0 Å². The first-order chi connectivity index (χ1) is 10.9. The fourth-order valence-electron chi connectivity index (χ4n) is 2.23. The van der Waals surface area contributed by atoms with Crippen molar-refractivity contribution >= 4 is 29.1 Å². The van der Waals surface area contributed by atoms with Gasteiger partial charge in [0.15, 0.2) is 0 Å². The number of nitrogens with zero attached hydrogens (tertiary/aromatic N) is 1. The molecule has 3 heteroatoms. The Labute approximate surface area is 151 Å². The molecule has 0 aliphatic carbocycles. The molecule has 0 fully saturated rings. The van der Waals surface area contributed by atoms with Crippen LogP contribution < -0.4 is 0 Å². The van der Waals surface area contributed by atoms with Gasteiger partial charge in [-0.25, -0.2) is 0 Å². The van der Waals surface area contributed by atoms with E-state index in [-0.39, 0.29) is 23.7 Å². The Morgan fingerprint density at radius 2 is 1.79 bits per heavy atom. The van der Waals surface area contributed by atoms with Gasteiger partial charge in [0.25, 0.3) is 5.91 Å². The minimum atomic E-state index is -0.00495. The van der Waals surface area contributed by atoms with E-state index in [0.29, 0.717) is 6.54 Å². The van der Waals surface area contributed by atoms with Crippen LogP contribution in [-0.4, -0.2) is 24.4 Å². The normalized spacial score (nSPS) is 10.8. The summed E-state index contributed by atoms with van der Waals surface area (Å²) in [6.07, 6.45) is 3.74. The van der Waals surface area contributed by atoms with E-state index in [0.717, 1.165) is 16.3 Å². The molecule has 24 heavy (non-hydrogen) atoms. The zero-order valence-electron chi connectivity index (χ0n) is 14.7. The Morgan fingerprint density at radius 1 is 1.12 bits per heavy atom. The van der Waals surface area contributed by atoms with Crippen molar-refractivity contribution in [3.05, 3.63) is 60.2 Å². The number of rotatable bonds is 3. The van der Waals surface area contributed by atoms with E-state index < -0.39 is 0 Å². The number of carbonyl (C=O) groups excluding carboxylic acids is 1. The Morgan fingerprint density at radius 3 is 2.50 bits per heavy atom. The van der Waals surface area contributed by atoms with Crippen LogP contribution in [0.2, 0.25) is 0 Å². The molecule has 2 rings (SSSR count). The van der Waals surface area contributed by atoms with Crippen LogP contribution in [0, 0.1) is 17.3 Å². The average molecular weight is 342 g/mol. The number of halogens is 1. The van der Waals surface area contributed by atoms with E-state index in [4.69, 9.17) is 0 Å². The molecule has 2 aromatic rings. The number of carbonyl (C=O) groups is 1. The zero-order valence-corrected chi connectivity index (χ0v) is 15.5. The smallest absolute Gasteiger partial charge is 0.254 e. The van der Waals surface area contributed by atoms with Gasteiger partial charge in [0.1, 0.15) is 0 Å². The third kappa shape index (κ3) is 5.44. The van der Waals surface area contributed by atoms with Crippen molar-refractivity contribution in [3.8, 4) is 11.8 Å². The first kappa shape index (κ1) is 19.8. The highest BCUT2D eigenvalue weighted by molar-refractivity contribution is 6.06. The predicted molar refractivity (Wildman–Crippen MR) is 105 cm³/mol. The van der Waals surface area contributed by atoms with Crippen molar-refractivity contribution in [1.82, 2.24) is 4.90 Å². The first-order valence-corrected chi connectivity index (χ1v) is 7.79. The van der Waals surface area contributed by atoms with Crippen molar-refractivity contribution in [2.24, 2.45) is 5.41 Å². The summed E-state index contributed by atoms with van der Waals surface area (Å²) in [7, 11) is 1.81. The summed E-state index contributed by atoms with van der Waals surface area (Å²) < 4.78 is 0. The fourth-order valence-corrected chi connectivity index (χ4v) is 2.23. The zero-order chi connectivity index (χ0) is 16.9. The number of hydrogen-bond donors (Lipinski definition) is 0. The Hall–Kier alpha value is -2.24. The second-order valence-electron chi connectivity index (χ2n) is 6.63. The van der Waals surface area contributed by atoms with E-state index in [1.807, 2.05) is 61.7 Å². The average Bonchev–Trinajstić information content (AvgIpc) is 2.52. The van der Waals surface area contributed by atoms with Crippen LogP contribution in [0.5, 0.6) is 0 Å². The topological polar surface area (TPSA) is 20.3 Å². The van der Waals surface area contributed by atoms with Gasteiger partial charge >= 0.3 is 0 Å². The Bertz CT molecular complexity index is 785. The minimum absolute atomic E-state index is 0. The van der Waals surface area contributed by atoms with E-state index >= 15 is 0 Å². The maximum Gasteiger partial charge on any atom is 0.254 e. The highest BCUT2D eigenvalue weighted by Gasteiger charge is 2.13. The molecule has 126 valence electrons. The molecule has 0 heterocycles. The molecule has 0 atom stereocenters. The Kier molecular flexibility index (Phi) is 7.07. The van der Waals surface area contributed by atoms with Crippen LogP contribution in [-0.2, 0) is 0 Å². The number of likely N-dealkylation sites (N-methyl/N-ethyl adjacent to an activating group) is 1. The molecule has 2 nitrogen and oxygen atoms in total. The lowest BCUT2D eigenvalue weighted by Crippen LogP contribution is -2.26. The lowest BCUT2D eigenvalue weighted by Gasteiger charge is -2.16. The summed E-state index contributed by atoms with van der Waals surface area (Å²) in [4.78, 5) is 14.3. The van der Waals surface area contributed by atoms with Crippen molar-refractivity contribution in [1.29, 1.82) is 0 Å². The van der Waals surface area contributed by atoms with Crippen molar-refractivity contribution < 1.29 is 4.79 Å². The second kappa shape index (κ2) is 8.57. The standard InChI is InChI=1S/C21H23NO.ClH/c1-21(2,3)15-8-5-9-16-22(4)20(23)19-14-10-12-17-11-6-7-13-18(17)19;/h5-7,9-14H,16H2,1-4H3;1H/b9-5+;. The van der Waals surface area contributed by atoms with Crippen LogP contribution in [0.1, 0.15) is 31.1 Å². The fraction of sp³-hybridized carbons (Fsp3) is 0.286. The van der Waals surface area contributed by atoms with E-state index in [1.54, 1.807) is 4.90 Å². The molecule has 0 N–H and O–H groups in total. The number of allylic oxidation sites excluding steroid dienone is 1. The maximum absolute atomic E-state index is 12.6. The number of fused-ring (bicyclic) bond motifs is 1. The molecular formula is C21H24ClNO. The van der Waals surface area contributed by atoms with Crippen LogP contribution >= 0.6 is 12.4 Å². The van der Waals surface area contributed by atoms with E-state index in [2.05, 4.69) is 32.6 Å². The van der Waals surface area contributed by atoms with Crippen molar-refractivity contribution in [2.45, 2.75) is 20.8 Å². The van der Waals surface area contributed by atoms with Crippen molar-refractivity contribution in [2.75, 3.05) is 13.6 Å². The van der Waals surface area contributed by atoms with E-state index in [1.165, 1.54) is 0 Å². The third-order valence-corrected chi connectivity index (χ3v) is 3.39. The minimum Gasteiger partial charge on any atom is -0.338 e. The van der Waals surface area contributed by atoms with Gasteiger partial charge in [0, 0.05) is 24.6 Å². The van der Waals surface area contributed by atoms with Gasteiger partial charge in [-0.1, -0.05) is 54.3 Å². The summed E-state index contributed by atoms with van der Waals surface area (Å²) in [5, 5.41) is 2.07. The van der Waals surface area contributed by atoms with Gasteiger partial charge in [0.2, 0.25) is 0 Å². The lowest BCUT2D eigenvalue weighted by atomic mass is 9.98. The SMILES string of the molecule is CN(C/C=C/C#CC(C)(C)C)C(=O)c1cccc2ccccc12.Cl. The molecule has 0 saturated carbocycles. The molecule has 0 bridgehead atoms. The van der Waals surface area contributed by atoms with Gasteiger partial charge in [0.05, 0.1) is 0 Å². The molecule has 0 aromatic heterocycles. The monoisotopic (exact) mass is 341 g/mol.